The summed E-state index contributed by atoms with van der Waals surface area (Å²) in [5, 5.41) is 2.57. The molecule has 1 N–H and O–H groups in total. The summed E-state index contributed by atoms with van der Waals surface area (Å²) in [6.07, 6.45) is 3.37. The number of nitrogens with zero attached hydrogens (tertiary/aromatic N) is 1. The molecular formula is C24H22F2N2O3. The predicted molar refractivity (Wildman–Crippen MR) is 112 cm³/mol. The number of nitrogens with one attached hydrogen (secondary N) is 1. The van der Waals surface area contributed by atoms with Crippen LogP contribution in [0.2, 0.25) is 0 Å². The van der Waals surface area contributed by atoms with Crippen LogP contribution in [0, 0.1) is 31.0 Å². The smallest absolute Gasteiger partial charge is 0.196 e. The molecule has 1 aliphatic heterocycles. The Morgan fingerprint density at radius 1 is 1.23 bits per heavy atom. The minimum Gasteiger partial charge on any atom is -0.461 e. The van der Waals surface area contributed by atoms with Crippen molar-refractivity contribution in [1.29, 1.82) is 0 Å². The number of carbonyl (C=O) groups is 1. The summed E-state index contributed by atoms with van der Waals surface area (Å²) in [7, 11) is 0. The van der Waals surface area contributed by atoms with Crippen molar-refractivity contribution in [2.24, 2.45) is 5.92 Å². The summed E-state index contributed by atoms with van der Waals surface area (Å²) in [5.74, 6) is -3.09. The second-order valence-electron chi connectivity index (χ2n) is 8.33. The maximum absolute atomic E-state index is 14.6. The van der Waals surface area contributed by atoms with Crippen LogP contribution in [0.25, 0.3) is 15.8 Å². The maximum atomic E-state index is 14.6. The number of fused-ring (bicyclic) bond motifs is 1. The van der Waals surface area contributed by atoms with Crippen LogP contribution >= 0.6 is 0 Å². The number of carbonyl (C=O) groups excluding carboxylic acids is 1. The van der Waals surface area contributed by atoms with E-state index in [0.717, 1.165) is 31.4 Å². The Labute approximate surface area is 178 Å². The maximum Gasteiger partial charge on any atom is 0.196 e. The molecule has 0 radical (unpaired) electrons. The largest absolute Gasteiger partial charge is 0.461 e. The lowest BCUT2D eigenvalue weighted by atomic mass is 9.76. The SMILES string of the molecule is [C-]#[N+]C1=C(C)NC(C)=C(C(=O)CC2CCC2)C1c1cc(F)c(F)c2c(=O)cc(C)oc12. The number of hydrogen-bond donors (Lipinski definition) is 1. The van der Waals surface area contributed by atoms with Gasteiger partial charge in [-0.2, -0.15) is 0 Å². The third-order valence-corrected chi connectivity index (χ3v) is 6.20. The van der Waals surface area contributed by atoms with Gasteiger partial charge in [-0.1, -0.05) is 19.3 Å². The monoisotopic (exact) mass is 424 g/mol. The molecular weight excluding hydrogens is 402 g/mol. The Morgan fingerprint density at radius 3 is 2.55 bits per heavy atom. The molecule has 0 bridgehead atoms. The van der Waals surface area contributed by atoms with Gasteiger partial charge in [0.2, 0.25) is 0 Å². The lowest BCUT2D eigenvalue weighted by Gasteiger charge is -2.31. The van der Waals surface area contributed by atoms with E-state index >= 15 is 0 Å². The number of aryl methyl sites for hydroxylation is 1. The predicted octanol–water partition coefficient (Wildman–Crippen LogP) is 5.25. The summed E-state index contributed by atoms with van der Waals surface area (Å²) < 4.78 is 34.8. The third-order valence-electron chi connectivity index (χ3n) is 6.20. The third kappa shape index (κ3) is 3.46. The van der Waals surface area contributed by atoms with E-state index in [9.17, 15) is 18.4 Å². The Balaban J connectivity index is 2.00. The molecule has 1 saturated carbocycles. The second-order valence-corrected chi connectivity index (χ2v) is 8.33. The van der Waals surface area contributed by atoms with Crippen molar-refractivity contribution in [1.82, 2.24) is 5.32 Å². The highest BCUT2D eigenvalue weighted by Crippen LogP contribution is 2.44. The minimum absolute atomic E-state index is 0.109. The zero-order chi connectivity index (χ0) is 22.4. The van der Waals surface area contributed by atoms with Crippen molar-refractivity contribution in [2.45, 2.75) is 52.4 Å². The fourth-order valence-electron chi connectivity index (χ4n) is 4.49. The van der Waals surface area contributed by atoms with Crippen LogP contribution in [0.4, 0.5) is 8.78 Å². The molecule has 0 saturated heterocycles. The quantitative estimate of drug-likeness (QED) is 0.681. The fraction of sp³-hybridized carbons (Fsp3) is 0.375. The van der Waals surface area contributed by atoms with E-state index in [4.69, 9.17) is 11.0 Å². The van der Waals surface area contributed by atoms with Gasteiger partial charge in [0.25, 0.3) is 0 Å². The number of Topliss-reactive ketones (excluding diaryl/α,β-unsaturated/α-hetero) is 1. The molecule has 0 spiro atoms. The van der Waals surface area contributed by atoms with Crippen molar-refractivity contribution in [3.63, 3.8) is 0 Å². The van der Waals surface area contributed by atoms with Gasteiger partial charge < -0.3 is 9.73 Å². The van der Waals surface area contributed by atoms with Crippen LogP contribution in [0.15, 0.2) is 44.0 Å². The van der Waals surface area contributed by atoms with Crippen LogP contribution in [-0.4, -0.2) is 5.78 Å². The fourth-order valence-corrected chi connectivity index (χ4v) is 4.49. The molecule has 1 aliphatic carbocycles. The van der Waals surface area contributed by atoms with Gasteiger partial charge in [0.15, 0.2) is 28.5 Å². The normalized spacial score (nSPS) is 19.3. The van der Waals surface area contributed by atoms with Gasteiger partial charge in [-0.25, -0.2) is 13.6 Å². The molecule has 160 valence electrons. The van der Waals surface area contributed by atoms with E-state index in [1.165, 1.54) is 6.92 Å². The number of ketones is 1. The van der Waals surface area contributed by atoms with Crippen LogP contribution in [0.5, 0.6) is 0 Å². The molecule has 1 fully saturated rings. The molecule has 0 amide bonds. The van der Waals surface area contributed by atoms with Gasteiger partial charge >= 0.3 is 0 Å². The summed E-state index contributed by atoms with van der Waals surface area (Å²) in [6, 6.07) is 2.04. The molecule has 1 aromatic carbocycles. The summed E-state index contributed by atoms with van der Waals surface area (Å²) in [6.45, 7) is 12.7. The molecule has 2 heterocycles. The molecule has 1 aromatic heterocycles. The Hall–Kier alpha value is -3.27. The van der Waals surface area contributed by atoms with E-state index in [2.05, 4.69) is 10.2 Å². The van der Waals surface area contributed by atoms with E-state index < -0.39 is 28.4 Å². The highest BCUT2D eigenvalue weighted by molar-refractivity contribution is 6.00. The summed E-state index contributed by atoms with van der Waals surface area (Å²) >= 11 is 0. The zero-order valence-corrected chi connectivity index (χ0v) is 17.6. The average molecular weight is 424 g/mol. The van der Waals surface area contributed by atoms with Crippen LogP contribution in [0.3, 0.4) is 0 Å². The summed E-state index contributed by atoms with van der Waals surface area (Å²) in [5.41, 5.74) is 0.875. The van der Waals surface area contributed by atoms with Crippen LogP contribution in [0.1, 0.15) is 56.8 Å². The van der Waals surface area contributed by atoms with Gasteiger partial charge in [0.05, 0.1) is 12.5 Å². The van der Waals surface area contributed by atoms with Crippen molar-refractivity contribution in [3.8, 4) is 0 Å². The van der Waals surface area contributed by atoms with E-state index in [0.29, 0.717) is 29.3 Å². The van der Waals surface area contributed by atoms with E-state index in [-0.39, 0.29) is 28.4 Å². The van der Waals surface area contributed by atoms with Crippen molar-refractivity contribution >= 4 is 16.8 Å². The minimum atomic E-state index is -1.30. The van der Waals surface area contributed by atoms with Gasteiger partial charge in [-0.15, -0.1) is 0 Å². The highest BCUT2D eigenvalue weighted by Gasteiger charge is 2.37. The van der Waals surface area contributed by atoms with Crippen molar-refractivity contribution in [2.75, 3.05) is 0 Å². The Bertz CT molecular complexity index is 1280. The van der Waals surface area contributed by atoms with Gasteiger partial charge in [0, 0.05) is 35.0 Å². The number of dihydropyridines is 1. The standard InChI is InChI=1S/C24H22F2N2O3/c1-11-8-17(29)21-22(26)16(25)10-15(24(21)31-11)20-19(18(30)9-14-6-5-7-14)12(2)28-13(3)23(20)27-4/h8,10,14,20,28H,5-7,9H2,1-3H3. The number of benzene rings is 1. The molecule has 4 rings (SSSR count). The zero-order valence-electron chi connectivity index (χ0n) is 17.6. The van der Waals surface area contributed by atoms with Crippen LogP contribution in [-0.2, 0) is 4.79 Å². The Morgan fingerprint density at radius 2 is 1.94 bits per heavy atom. The molecule has 2 aliphatic rings. The number of halogens is 2. The number of rotatable bonds is 4. The van der Waals surface area contributed by atoms with Gasteiger partial charge in [-0.3, -0.25) is 9.59 Å². The molecule has 31 heavy (non-hydrogen) atoms. The highest BCUT2D eigenvalue weighted by atomic mass is 19.2. The summed E-state index contributed by atoms with van der Waals surface area (Å²) in [4.78, 5) is 29.4. The van der Waals surface area contributed by atoms with E-state index in [1.807, 2.05) is 0 Å². The van der Waals surface area contributed by atoms with Gasteiger partial charge in [-0.05, 0) is 32.8 Å². The van der Waals surface area contributed by atoms with E-state index in [1.54, 1.807) is 13.8 Å². The molecule has 1 unspecified atom stereocenters. The topological polar surface area (TPSA) is 63.7 Å². The first-order valence-electron chi connectivity index (χ1n) is 10.2. The lowest BCUT2D eigenvalue weighted by molar-refractivity contribution is -0.117. The first-order chi connectivity index (χ1) is 14.7. The van der Waals surface area contributed by atoms with Crippen molar-refractivity contribution < 1.29 is 18.0 Å². The first-order valence-corrected chi connectivity index (χ1v) is 10.2. The van der Waals surface area contributed by atoms with Crippen LogP contribution < -0.4 is 10.7 Å². The molecule has 7 heteroatoms. The molecule has 2 aromatic rings. The molecule has 1 atom stereocenters. The number of hydrogen-bond acceptors (Lipinski definition) is 4. The average Bonchev–Trinajstić information content (AvgIpc) is 2.66. The van der Waals surface area contributed by atoms with Gasteiger partial charge in [0.1, 0.15) is 16.7 Å². The first kappa shape index (κ1) is 21.0. The van der Waals surface area contributed by atoms with Crippen molar-refractivity contribution in [3.05, 3.63) is 79.4 Å². The lowest BCUT2D eigenvalue weighted by Crippen LogP contribution is -2.29. The Kier molecular flexibility index (Phi) is 5.26. The molecule has 5 nitrogen and oxygen atoms in total. The number of allylic oxidation sites excluding steroid dienone is 3. The second kappa shape index (κ2) is 7.77.